The average Bonchev–Trinajstić information content (AvgIpc) is 2.35. The molecule has 0 amide bonds. The highest BCUT2D eigenvalue weighted by molar-refractivity contribution is 5.69. The second-order valence-corrected chi connectivity index (χ2v) is 4.81. The Hall–Kier alpha value is -0.610. The molecule has 2 saturated heterocycles. The van der Waals surface area contributed by atoms with Gasteiger partial charge in [0.25, 0.3) is 0 Å². The summed E-state index contributed by atoms with van der Waals surface area (Å²) in [7, 11) is 1.46. The maximum atomic E-state index is 11.1. The van der Waals surface area contributed by atoms with Crippen molar-refractivity contribution < 1.29 is 9.53 Å². The Bertz CT molecular complexity index is 245. The van der Waals surface area contributed by atoms with Crippen molar-refractivity contribution in [1.29, 1.82) is 0 Å². The summed E-state index contributed by atoms with van der Waals surface area (Å²) < 4.78 is 4.67. The van der Waals surface area contributed by atoms with Crippen LogP contribution in [-0.2, 0) is 9.53 Å². The molecule has 4 nitrogen and oxygen atoms in total. The molecule has 0 aliphatic carbocycles. The van der Waals surface area contributed by atoms with E-state index in [9.17, 15) is 4.79 Å². The van der Waals surface area contributed by atoms with Crippen LogP contribution in [0.25, 0.3) is 0 Å². The third-order valence-electron chi connectivity index (χ3n) is 3.78. The van der Waals surface area contributed by atoms with Crippen molar-refractivity contribution in [2.45, 2.75) is 31.7 Å². The number of rotatable bonds is 3. The van der Waals surface area contributed by atoms with E-state index in [2.05, 4.69) is 14.5 Å². The van der Waals surface area contributed by atoms with Crippen molar-refractivity contribution in [3.8, 4) is 0 Å². The zero-order chi connectivity index (χ0) is 11.4. The molecule has 0 aromatic carbocycles. The zero-order valence-electron chi connectivity index (χ0n) is 10.2. The van der Waals surface area contributed by atoms with Gasteiger partial charge in [-0.25, -0.2) is 0 Å². The largest absolute Gasteiger partial charge is 0.469 e. The van der Waals surface area contributed by atoms with Crippen LogP contribution in [0.3, 0.4) is 0 Å². The molecule has 0 radical (unpaired) electrons. The standard InChI is InChI=1S/C12H22N2O2/c1-16-12(15)5-7-13-8-9-14-6-3-2-4-11(14)10-13/h11H,2-10H2,1H3. The number of carbonyl (C=O) groups is 1. The Morgan fingerprint density at radius 1 is 1.31 bits per heavy atom. The van der Waals surface area contributed by atoms with Crippen LogP contribution < -0.4 is 0 Å². The first-order valence-electron chi connectivity index (χ1n) is 6.33. The van der Waals surface area contributed by atoms with Crippen LogP contribution in [0.1, 0.15) is 25.7 Å². The van der Waals surface area contributed by atoms with Gasteiger partial charge in [-0.2, -0.15) is 0 Å². The molecular formula is C12H22N2O2. The highest BCUT2D eigenvalue weighted by Crippen LogP contribution is 2.20. The highest BCUT2D eigenvalue weighted by atomic mass is 16.5. The fourth-order valence-corrected chi connectivity index (χ4v) is 2.77. The minimum atomic E-state index is -0.0916. The molecule has 0 aromatic heterocycles. The number of methoxy groups -OCH3 is 1. The molecule has 0 bridgehead atoms. The summed E-state index contributed by atoms with van der Waals surface area (Å²) >= 11 is 0. The monoisotopic (exact) mass is 226 g/mol. The van der Waals surface area contributed by atoms with Gasteiger partial charge >= 0.3 is 5.97 Å². The third kappa shape index (κ3) is 2.95. The molecule has 1 atom stereocenters. The van der Waals surface area contributed by atoms with Crippen LogP contribution >= 0.6 is 0 Å². The van der Waals surface area contributed by atoms with E-state index >= 15 is 0 Å². The van der Waals surface area contributed by atoms with Gasteiger partial charge in [0.15, 0.2) is 0 Å². The molecule has 2 rings (SSSR count). The molecule has 2 aliphatic rings. The SMILES string of the molecule is COC(=O)CCN1CCN2CCCCC2C1. The van der Waals surface area contributed by atoms with Crippen LogP contribution in [0.2, 0.25) is 0 Å². The maximum absolute atomic E-state index is 11.1. The number of carbonyl (C=O) groups excluding carboxylic acids is 1. The summed E-state index contributed by atoms with van der Waals surface area (Å²) in [5, 5.41) is 0. The van der Waals surface area contributed by atoms with Crippen molar-refractivity contribution in [1.82, 2.24) is 9.80 Å². The average molecular weight is 226 g/mol. The fraction of sp³-hybridized carbons (Fsp3) is 0.917. The molecule has 92 valence electrons. The van der Waals surface area contributed by atoms with E-state index < -0.39 is 0 Å². The number of piperidine rings is 1. The van der Waals surface area contributed by atoms with Crippen LogP contribution in [0.5, 0.6) is 0 Å². The predicted octanol–water partition coefficient (Wildman–Crippen LogP) is 0.720. The molecule has 2 heterocycles. The lowest BCUT2D eigenvalue weighted by molar-refractivity contribution is -0.141. The Kier molecular flexibility index (Phi) is 4.18. The Labute approximate surface area is 97.5 Å². The third-order valence-corrected chi connectivity index (χ3v) is 3.78. The maximum Gasteiger partial charge on any atom is 0.306 e. The second-order valence-electron chi connectivity index (χ2n) is 4.81. The van der Waals surface area contributed by atoms with E-state index in [0.29, 0.717) is 6.42 Å². The summed E-state index contributed by atoms with van der Waals surface area (Å²) in [6, 6.07) is 0.736. The Morgan fingerprint density at radius 2 is 2.19 bits per heavy atom. The summed E-state index contributed by atoms with van der Waals surface area (Å²) in [5.41, 5.74) is 0. The van der Waals surface area contributed by atoms with Crippen molar-refractivity contribution in [2.24, 2.45) is 0 Å². The molecule has 2 fully saturated rings. The number of piperazine rings is 1. The van der Waals surface area contributed by atoms with E-state index in [1.807, 2.05) is 0 Å². The lowest BCUT2D eigenvalue weighted by Crippen LogP contribution is -2.54. The summed E-state index contributed by atoms with van der Waals surface area (Å²) in [5.74, 6) is -0.0916. The van der Waals surface area contributed by atoms with Crippen LogP contribution in [0, 0.1) is 0 Å². The Morgan fingerprint density at radius 3 is 3.00 bits per heavy atom. The van der Waals surface area contributed by atoms with Crippen LogP contribution in [0.15, 0.2) is 0 Å². The molecule has 2 aliphatic heterocycles. The van der Waals surface area contributed by atoms with Gasteiger partial charge in [0.2, 0.25) is 0 Å². The van der Waals surface area contributed by atoms with Crippen molar-refractivity contribution >= 4 is 5.97 Å². The normalized spacial score (nSPS) is 27.4. The predicted molar refractivity (Wildman–Crippen MR) is 62.3 cm³/mol. The van der Waals surface area contributed by atoms with Gasteiger partial charge in [-0.15, -0.1) is 0 Å². The summed E-state index contributed by atoms with van der Waals surface area (Å²) in [6.45, 7) is 5.54. The number of hydrogen-bond donors (Lipinski definition) is 0. The van der Waals surface area contributed by atoms with Crippen molar-refractivity contribution in [3.05, 3.63) is 0 Å². The van der Waals surface area contributed by atoms with Crippen molar-refractivity contribution in [3.63, 3.8) is 0 Å². The Balaban J connectivity index is 1.74. The second kappa shape index (κ2) is 5.64. The minimum Gasteiger partial charge on any atom is -0.469 e. The lowest BCUT2D eigenvalue weighted by atomic mass is 9.99. The van der Waals surface area contributed by atoms with E-state index in [1.54, 1.807) is 0 Å². The molecule has 1 unspecified atom stereocenters. The van der Waals surface area contributed by atoms with E-state index in [1.165, 1.54) is 39.5 Å². The van der Waals surface area contributed by atoms with Crippen LogP contribution in [0.4, 0.5) is 0 Å². The molecule has 0 N–H and O–H groups in total. The summed E-state index contributed by atoms with van der Waals surface area (Å²) in [4.78, 5) is 16.1. The van der Waals surface area contributed by atoms with Gasteiger partial charge < -0.3 is 4.74 Å². The van der Waals surface area contributed by atoms with Crippen molar-refractivity contribution in [2.75, 3.05) is 39.8 Å². The van der Waals surface area contributed by atoms with E-state index in [0.717, 1.165) is 25.7 Å². The first-order valence-corrected chi connectivity index (χ1v) is 6.33. The van der Waals surface area contributed by atoms with Gasteiger partial charge in [-0.1, -0.05) is 6.42 Å². The molecule has 0 aromatic rings. The first kappa shape index (κ1) is 11.9. The first-order chi connectivity index (χ1) is 7.79. The number of esters is 1. The molecular weight excluding hydrogens is 204 g/mol. The lowest BCUT2D eigenvalue weighted by Gasteiger charge is -2.44. The van der Waals surface area contributed by atoms with Gasteiger partial charge in [0, 0.05) is 32.2 Å². The van der Waals surface area contributed by atoms with Crippen LogP contribution in [-0.4, -0.2) is 61.6 Å². The zero-order valence-corrected chi connectivity index (χ0v) is 10.2. The van der Waals surface area contributed by atoms with Gasteiger partial charge in [-0.05, 0) is 19.4 Å². The molecule has 4 heteroatoms. The summed E-state index contributed by atoms with van der Waals surface area (Å²) in [6.07, 6.45) is 4.59. The molecule has 16 heavy (non-hydrogen) atoms. The molecule has 0 saturated carbocycles. The van der Waals surface area contributed by atoms with E-state index in [4.69, 9.17) is 0 Å². The van der Waals surface area contributed by atoms with E-state index in [-0.39, 0.29) is 5.97 Å². The minimum absolute atomic E-state index is 0.0916. The van der Waals surface area contributed by atoms with Gasteiger partial charge in [0.1, 0.15) is 0 Å². The topological polar surface area (TPSA) is 32.8 Å². The molecule has 0 spiro atoms. The number of nitrogens with zero attached hydrogens (tertiary/aromatic N) is 2. The fourth-order valence-electron chi connectivity index (χ4n) is 2.77. The number of fused-ring (bicyclic) bond motifs is 1. The highest BCUT2D eigenvalue weighted by Gasteiger charge is 2.28. The number of ether oxygens (including phenoxy) is 1. The number of hydrogen-bond acceptors (Lipinski definition) is 4. The quantitative estimate of drug-likeness (QED) is 0.664. The van der Waals surface area contributed by atoms with Gasteiger partial charge in [-0.3, -0.25) is 14.6 Å². The smallest absolute Gasteiger partial charge is 0.306 e. The van der Waals surface area contributed by atoms with Gasteiger partial charge in [0.05, 0.1) is 13.5 Å².